The lowest BCUT2D eigenvalue weighted by atomic mass is 10.1. The van der Waals surface area contributed by atoms with Crippen molar-refractivity contribution < 1.29 is 68.9 Å². The summed E-state index contributed by atoms with van der Waals surface area (Å²) in [6.45, 7) is -1.17. The van der Waals surface area contributed by atoms with E-state index in [4.69, 9.17) is 24.4 Å². The van der Waals surface area contributed by atoms with Gasteiger partial charge in [-0.2, -0.15) is 22.0 Å². The average molecular weight is 756 g/mol. The standard InChI is InChI=1S/C22H27N6O16P3S/c1-27(2)14-5-3-4-11-8-12(6-7-13(11)14)48(38,39)42-18-17(29)15(9-40-46(34,35)44-47(36,37)43-45(31,32)33)41-21(18)28-10-24-16-19(28)25-22(23)26-20(16)30/h3-8,10,15,17-18,21,29H,9H2,1-2H3,(H,34,35)(H,36,37)(H2,31,32,33)(H3,23,25,26,30)/t15-,17-,18-,21-/m1/s1. The Balaban J connectivity index is 1.47. The number of aromatic amines is 1. The maximum Gasteiger partial charge on any atom is 0.490 e. The number of H-pyrrole nitrogens is 1. The van der Waals surface area contributed by atoms with Gasteiger partial charge in [0.2, 0.25) is 5.95 Å². The Hall–Kier alpha value is -3.11. The fourth-order valence-electron chi connectivity index (χ4n) is 4.78. The zero-order chi connectivity index (χ0) is 35.4. The molecule has 262 valence electrons. The second kappa shape index (κ2) is 13.0. The number of ether oxygens (including phenoxy) is 1. The largest absolute Gasteiger partial charge is 0.490 e. The highest BCUT2D eigenvalue weighted by atomic mass is 32.2. The van der Waals surface area contributed by atoms with E-state index in [9.17, 15) is 41.8 Å². The first kappa shape index (κ1) is 36.2. The van der Waals surface area contributed by atoms with E-state index in [1.807, 2.05) is 11.0 Å². The molecule has 2 unspecified atom stereocenters. The number of hydrogen-bond acceptors (Lipinski definition) is 16. The molecule has 0 radical (unpaired) electrons. The highest BCUT2D eigenvalue weighted by Crippen LogP contribution is 2.66. The van der Waals surface area contributed by atoms with Gasteiger partial charge in [-0.05, 0) is 23.6 Å². The number of benzene rings is 2. The number of phosphoric acid groups is 3. The summed E-state index contributed by atoms with van der Waals surface area (Å²) in [5.41, 5.74) is 5.16. The number of aliphatic hydroxyl groups is 1. The number of anilines is 2. The molecule has 26 heteroatoms. The minimum atomic E-state index is -5.88. The molecule has 5 rings (SSSR count). The molecule has 0 spiro atoms. The van der Waals surface area contributed by atoms with E-state index in [0.29, 0.717) is 10.8 Å². The Morgan fingerprint density at radius 1 is 1.08 bits per heavy atom. The molecule has 48 heavy (non-hydrogen) atoms. The summed E-state index contributed by atoms with van der Waals surface area (Å²) >= 11 is 0. The SMILES string of the molecule is CN(C)c1cccc2cc(S(=O)(=O)O[C@@H]3[C@H](O)[C@@H](COP(=O)(O)OP(=O)(O)OP(=O)(O)O)O[C@H]3n3cnc4c(=O)[nH]c(N)nc43)ccc12. The fourth-order valence-corrected chi connectivity index (χ4v) is 8.92. The van der Waals surface area contributed by atoms with Gasteiger partial charge in [0.25, 0.3) is 15.7 Å². The minimum absolute atomic E-state index is 0.241. The van der Waals surface area contributed by atoms with Gasteiger partial charge in [0.15, 0.2) is 23.5 Å². The van der Waals surface area contributed by atoms with E-state index in [-0.39, 0.29) is 22.0 Å². The molecule has 0 saturated carbocycles. The summed E-state index contributed by atoms with van der Waals surface area (Å²) in [6.07, 6.45) is -6.38. The molecule has 2 aromatic carbocycles. The monoisotopic (exact) mass is 756 g/mol. The van der Waals surface area contributed by atoms with E-state index < -0.39 is 70.3 Å². The molecule has 3 heterocycles. The third kappa shape index (κ3) is 7.85. The van der Waals surface area contributed by atoms with Crippen LogP contribution < -0.4 is 16.2 Å². The van der Waals surface area contributed by atoms with Crippen LogP contribution in [0.4, 0.5) is 11.6 Å². The summed E-state index contributed by atoms with van der Waals surface area (Å²) in [5, 5.41) is 12.4. The summed E-state index contributed by atoms with van der Waals surface area (Å²) in [4.78, 5) is 60.7. The molecule has 1 aliphatic rings. The first-order valence-electron chi connectivity index (χ1n) is 13.1. The van der Waals surface area contributed by atoms with Gasteiger partial charge in [0.1, 0.15) is 12.2 Å². The van der Waals surface area contributed by atoms with Crippen molar-refractivity contribution in [2.45, 2.75) is 29.4 Å². The second-order valence-corrected chi connectivity index (χ2v) is 16.3. The maximum absolute atomic E-state index is 13.6. The molecule has 8 N–H and O–H groups in total. The molecule has 0 aliphatic carbocycles. The average Bonchev–Trinajstić information content (AvgIpc) is 3.49. The van der Waals surface area contributed by atoms with Crippen molar-refractivity contribution in [3.63, 3.8) is 0 Å². The Kier molecular flexibility index (Phi) is 9.78. The van der Waals surface area contributed by atoms with Gasteiger partial charge in [-0.3, -0.25) is 23.1 Å². The van der Waals surface area contributed by atoms with Crippen LogP contribution in [0.15, 0.2) is 52.4 Å². The van der Waals surface area contributed by atoms with Gasteiger partial charge in [-0.25, -0.2) is 18.7 Å². The van der Waals surface area contributed by atoms with Gasteiger partial charge in [0.05, 0.1) is 17.8 Å². The Morgan fingerprint density at radius 2 is 1.79 bits per heavy atom. The Labute approximate surface area is 269 Å². The molecule has 6 atom stereocenters. The van der Waals surface area contributed by atoms with Crippen LogP contribution >= 0.6 is 23.5 Å². The number of nitrogens with one attached hydrogen (secondary N) is 1. The highest BCUT2D eigenvalue weighted by Gasteiger charge is 2.50. The summed E-state index contributed by atoms with van der Waals surface area (Å²) in [5.74, 6) is -0.365. The molecule has 4 aromatic rings. The smallest absolute Gasteiger partial charge is 0.387 e. The van der Waals surface area contributed by atoms with Crippen LogP contribution in [0.25, 0.3) is 21.9 Å². The van der Waals surface area contributed by atoms with E-state index in [1.54, 1.807) is 32.3 Å². The van der Waals surface area contributed by atoms with Crippen molar-refractivity contribution >= 4 is 67.2 Å². The molecule has 0 amide bonds. The normalized spacial score (nSPS) is 22.9. The zero-order valence-corrected chi connectivity index (χ0v) is 27.9. The third-order valence-electron chi connectivity index (χ3n) is 6.69. The van der Waals surface area contributed by atoms with E-state index in [0.717, 1.165) is 16.6 Å². The number of hydrogen-bond donors (Lipinski definition) is 7. The van der Waals surface area contributed by atoms with Crippen LogP contribution in [0, 0.1) is 0 Å². The topological polar surface area (TPSA) is 325 Å². The minimum Gasteiger partial charge on any atom is -0.387 e. The number of aliphatic hydroxyl groups excluding tert-OH is 1. The van der Waals surface area contributed by atoms with Crippen molar-refractivity contribution in [3.05, 3.63) is 53.1 Å². The highest BCUT2D eigenvalue weighted by molar-refractivity contribution is 7.86. The summed E-state index contributed by atoms with van der Waals surface area (Å²) in [6, 6.07) is 9.36. The summed E-state index contributed by atoms with van der Waals surface area (Å²) < 4.78 is 86.2. The number of rotatable bonds is 12. The predicted octanol–water partition coefficient (Wildman–Crippen LogP) is 0.297. The van der Waals surface area contributed by atoms with Gasteiger partial charge in [-0.1, -0.05) is 18.2 Å². The number of imidazole rings is 1. The summed E-state index contributed by atoms with van der Waals surface area (Å²) in [7, 11) is -18.4. The van der Waals surface area contributed by atoms with E-state index in [2.05, 4.69) is 28.1 Å². The number of aromatic nitrogens is 4. The molecule has 2 aromatic heterocycles. The number of nitrogens with two attached hydrogens (primary N) is 1. The van der Waals surface area contributed by atoms with Crippen LogP contribution in [-0.2, 0) is 45.9 Å². The quantitative estimate of drug-likeness (QED) is 0.0754. The zero-order valence-electron chi connectivity index (χ0n) is 24.4. The molecule has 1 saturated heterocycles. The molecular formula is C22H27N6O16P3S. The fraction of sp³-hybridized carbons (Fsp3) is 0.318. The van der Waals surface area contributed by atoms with Crippen LogP contribution in [0.3, 0.4) is 0 Å². The molecule has 1 aliphatic heterocycles. The van der Waals surface area contributed by atoms with Gasteiger partial charge < -0.3 is 40.1 Å². The van der Waals surface area contributed by atoms with Crippen LogP contribution in [0.1, 0.15) is 6.23 Å². The number of fused-ring (bicyclic) bond motifs is 2. The first-order chi connectivity index (χ1) is 22.2. The second-order valence-electron chi connectivity index (χ2n) is 10.3. The third-order valence-corrected chi connectivity index (χ3v) is 11.8. The maximum atomic E-state index is 13.6. The van der Waals surface area contributed by atoms with Crippen molar-refractivity contribution in [2.75, 3.05) is 31.3 Å². The molecule has 1 fully saturated rings. The van der Waals surface area contributed by atoms with E-state index in [1.165, 1.54) is 12.1 Å². The Bertz CT molecular complexity index is 2190. The molecule has 0 bridgehead atoms. The van der Waals surface area contributed by atoms with Crippen molar-refractivity contribution in [2.24, 2.45) is 0 Å². The number of nitrogen functional groups attached to an aromatic ring is 1. The molecular weight excluding hydrogens is 729 g/mol. The van der Waals surface area contributed by atoms with E-state index >= 15 is 0 Å². The Morgan fingerprint density at radius 3 is 2.46 bits per heavy atom. The first-order valence-corrected chi connectivity index (χ1v) is 19.1. The van der Waals surface area contributed by atoms with Crippen molar-refractivity contribution in [1.29, 1.82) is 0 Å². The lowest BCUT2D eigenvalue weighted by Gasteiger charge is -2.22. The lowest BCUT2D eigenvalue weighted by Crippen LogP contribution is -2.37. The number of nitrogens with zero attached hydrogens (tertiary/aromatic N) is 4. The van der Waals surface area contributed by atoms with Crippen molar-refractivity contribution in [3.8, 4) is 0 Å². The van der Waals surface area contributed by atoms with Gasteiger partial charge in [-0.15, -0.1) is 0 Å². The predicted molar refractivity (Wildman–Crippen MR) is 163 cm³/mol. The van der Waals surface area contributed by atoms with Gasteiger partial charge in [0, 0.05) is 25.2 Å². The van der Waals surface area contributed by atoms with Crippen LogP contribution in [-0.4, -0.2) is 91.6 Å². The van der Waals surface area contributed by atoms with Crippen molar-refractivity contribution in [1.82, 2.24) is 19.5 Å². The van der Waals surface area contributed by atoms with Crippen LogP contribution in [0.2, 0.25) is 0 Å². The lowest BCUT2D eigenvalue weighted by molar-refractivity contribution is -0.0475. The van der Waals surface area contributed by atoms with Crippen LogP contribution in [0.5, 0.6) is 0 Å². The van der Waals surface area contributed by atoms with Gasteiger partial charge >= 0.3 is 23.5 Å². The number of phosphoric ester groups is 1. The molecule has 22 nitrogen and oxygen atoms in total.